The predicted molar refractivity (Wildman–Crippen MR) is 81.9 cm³/mol. The van der Waals surface area contributed by atoms with Crippen LogP contribution in [0.4, 0.5) is 0 Å². The first-order chi connectivity index (χ1) is 9.61. The third kappa shape index (κ3) is 2.57. The zero-order valence-electron chi connectivity index (χ0n) is 12.6. The molecular formula is C17H26N2O. The van der Waals surface area contributed by atoms with Crippen molar-refractivity contribution in [1.29, 1.82) is 0 Å². The molecule has 0 radical (unpaired) electrons. The van der Waals surface area contributed by atoms with Gasteiger partial charge in [0.25, 0.3) is 0 Å². The summed E-state index contributed by atoms with van der Waals surface area (Å²) in [6.45, 7) is 6.31. The van der Waals surface area contributed by atoms with Crippen molar-refractivity contribution in [3.8, 4) is 5.75 Å². The van der Waals surface area contributed by atoms with Gasteiger partial charge in [0.15, 0.2) is 0 Å². The van der Waals surface area contributed by atoms with Gasteiger partial charge in [0.05, 0.1) is 0 Å². The molecule has 0 spiro atoms. The number of fused-ring (bicyclic) bond motifs is 1. The van der Waals surface area contributed by atoms with E-state index < -0.39 is 0 Å². The molecule has 0 amide bonds. The van der Waals surface area contributed by atoms with Crippen LogP contribution < -0.4 is 10.5 Å². The second-order valence-corrected chi connectivity index (χ2v) is 6.74. The lowest BCUT2D eigenvalue weighted by molar-refractivity contribution is 0.00511. The van der Waals surface area contributed by atoms with Gasteiger partial charge in [-0.15, -0.1) is 0 Å². The van der Waals surface area contributed by atoms with Gasteiger partial charge in [-0.05, 0) is 39.3 Å². The quantitative estimate of drug-likeness (QED) is 0.900. The lowest BCUT2D eigenvalue weighted by atomic mass is 9.86. The summed E-state index contributed by atoms with van der Waals surface area (Å²) in [5, 5.41) is 0. The van der Waals surface area contributed by atoms with E-state index in [9.17, 15) is 0 Å². The minimum absolute atomic E-state index is 0.102. The van der Waals surface area contributed by atoms with Gasteiger partial charge in [0.1, 0.15) is 11.4 Å². The van der Waals surface area contributed by atoms with Crippen LogP contribution in [-0.2, 0) is 0 Å². The topological polar surface area (TPSA) is 38.5 Å². The summed E-state index contributed by atoms with van der Waals surface area (Å²) < 4.78 is 6.15. The molecular weight excluding hydrogens is 248 g/mol. The fourth-order valence-electron chi connectivity index (χ4n) is 3.75. The van der Waals surface area contributed by atoms with Crippen LogP contribution in [0.3, 0.4) is 0 Å². The average Bonchev–Trinajstić information content (AvgIpc) is 2.45. The number of nitrogens with zero attached hydrogens (tertiary/aromatic N) is 1. The Kier molecular flexibility index (Phi) is 3.74. The van der Waals surface area contributed by atoms with Gasteiger partial charge in [-0.2, -0.15) is 0 Å². The average molecular weight is 274 g/mol. The second-order valence-electron chi connectivity index (χ2n) is 6.74. The van der Waals surface area contributed by atoms with Gasteiger partial charge in [-0.3, -0.25) is 4.90 Å². The molecule has 2 unspecified atom stereocenters. The summed E-state index contributed by atoms with van der Waals surface area (Å²) in [7, 11) is 0. The van der Waals surface area contributed by atoms with Crippen LogP contribution in [0.15, 0.2) is 24.3 Å². The van der Waals surface area contributed by atoms with Crippen molar-refractivity contribution in [2.24, 2.45) is 5.73 Å². The largest absolute Gasteiger partial charge is 0.487 e. The summed E-state index contributed by atoms with van der Waals surface area (Å²) >= 11 is 0. The highest BCUT2D eigenvalue weighted by atomic mass is 16.5. The number of nitrogens with two attached hydrogens (primary N) is 1. The molecule has 3 nitrogen and oxygen atoms in total. The smallest absolute Gasteiger partial charge is 0.124 e. The molecule has 2 atom stereocenters. The van der Waals surface area contributed by atoms with Crippen LogP contribution in [-0.4, -0.2) is 29.6 Å². The maximum Gasteiger partial charge on any atom is 0.124 e. The Balaban J connectivity index is 1.95. The number of likely N-dealkylation sites (tertiary alicyclic amines) is 1. The van der Waals surface area contributed by atoms with E-state index in [1.54, 1.807) is 0 Å². The highest BCUT2D eigenvalue weighted by Gasteiger charge is 2.39. The number of benzene rings is 1. The van der Waals surface area contributed by atoms with Gasteiger partial charge < -0.3 is 10.5 Å². The van der Waals surface area contributed by atoms with Crippen LogP contribution in [0.5, 0.6) is 5.75 Å². The van der Waals surface area contributed by atoms with Crippen LogP contribution in [0, 0.1) is 0 Å². The molecule has 20 heavy (non-hydrogen) atoms. The predicted octanol–water partition coefficient (Wildman–Crippen LogP) is 3.10. The molecule has 2 aliphatic heterocycles. The summed E-state index contributed by atoms with van der Waals surface area (Å²) in [5.74, 6) is 1.05. The maximum absolute atomic E-state index is 6.15. The summed E-state index contributed by atoms with van der Waals surface area (Å²) in [5.41, 5.74) is 7.25. The molecule has 3 heteroatoms. The van der Waals surface area contributed by atoms with Crippen molar-refractivity contribution in [1.82, 2.24) is 4.90 Å². The molecule has 2 N–H and O–H groups in total. The van der Waals surface area contributed by atoms with Crippen LogP contribution in [0.25, 0.3) is 0 Å². The molecule has 0 bridgehead atoms. The maximum atomic E-state index is 6.15. The Morgan fingerprint density at radius 2 is 2.10 bits per heavy atom. The molecule has 1 aromatic rings. The highest BCUT2D eigenvalue weighted by molar-refractivity contribution is 5.39. The molecule has 1 saturated heterocycles. The van der Waals surface area contributed by atoms with E-state index in [1.807, 2.05) is 0 Å². The number of piperidine rings is 1. The Labute approximate surface area is 122 Å². The minimum Gasteiger partial charge on any atom is -0.487 e. The zero-order chi connectivity index (χ0) is 14.2. The number of rotatable bonds is 2. The molecule has 110 valence electrons. The SMILES string of the molecule is CC1(C)CC(N2CCCCC2CN)c2ccccc2O1. The summed E-state index contributed by atoms with van der Waals surface area (Å²) in [6, 6.07) is 9.48. The van der Waals surface area contributed by atoms with Crippen molar-refractivity contribution in [2.45, 2.75) is 57.2 Å². The summed E-state index contributed by atoms with van der Waals surface area (Å²) in [6.07, 6.45) is 4.88. The number of hydrogen-bond donors (Lipinski definition) is 1. The van der Waals surface area contributed by atoms with Crippen LogP contribution >= 0.6 is 0 Å². The molecule has 1 aromatic carbocycles. The Bertz CT molecular complexity index is 472. The summed E-state index contributed by atoms with van der Waals surface area (Å²) in [4.78, 5) is 2.63. The molecule has 0 aliphatic carbocycles. The van der Waals surface area contributed by atoms with Crippen molar-refractivity contribution in [3.63, 3.8) is 0 Å². The van der Waals surface area contributed by atoms with E-state index in [-0.39, 0.29) is 5.60 Å². The first-order valence-electron chi connectivity index (χ1n) is 7.84. The number of hydrogen-bond acceptors (Lipinski definition) is 3. The second kappa shape index (κ2) is 5.38. The van der Waals surface area contributed by atoms with E-state index in [1.165, 1.54) is 24.8 Å². The lowest BCUT2D eigenvalue weighted by Gasteiger charge is -2.47. The van der Waals surface area contributed by atoms with Gasteiger partial charge in [0.2, 0.25) is 0 Å². The first kappa shape index (κ1) is 13.9. The van der Waals surface area contributed by atoms with Crippen molar-refractivity contribution >= 4 is 0 Å². The van der Waals surface area contributed by atoms with E-state index in [4.69, 9.17) is 10.5 Å². The van der Waals surface area contributed by atoms with Crippen LogP contribution in [0.1, 0.15) is 51.1 Å². The number of para-hydroxylation sites is 1. The fraction of sp³-hybridized carbons (Fsp3) is 0.647. The van der Waals surface area contributed by atoms with Crippen LogP contribution in [0.2, 0.25) is 0 Å². The standard InChI is InChI=1S/C17H26N2O/c1-17(2)11-15(14-8-3-4-9-16(14)20-17)19-10-6-5-7-13(19)12-18/h3-4,8-9,13,15H,5-7,10-12,18H2,1-2H3. The molecule has 2 heterocycles. The molecule has 0 aromatic heterocycles. The first-order valence-corrected chi connectivity index (χ1v) is 7.84. The van der Waals surface area contributed by atoms with Crippen molar-refractivity contribution in [2.75, 3.05) is 13.1 Å². The third-order valence-electron chi connectivity index (χ3n) is 4.69. The Hall–Kier alpha value is -1.06. The molecule has 2 aliphatic rings. The monoisotopic (exact) mass is 274 g/mol. The molecule has 0 saturated carbocycles. The Morgan fingerprint density at radius 3 is 2.90 bits per heavy atom. The minimum atomic E-state index is -0.102. The van der Waals surface area contributed by atoms with E-state index in [0.29, 0.717) is 12.1 Å². The molecule has 1 fully saturated rings. The van der Waals surface area contributed by atoms with E-state index in [0.717, 1.165) is 25.3 Å². The van der Waals surface area contributed by atoms with E-state index in [2.05, 4.69) is 43.0 Å². The Morgan fingerprint density at radius 1 is 1.30 bits per heavy atom. The number of ether oxygens (including phenoxy) is 1. The van der Waals surface area contributed by atoms with Crippen molar-refractivity contribution in [3.05, 3.63) is 29.8 Å². The van der Waals surface area contributed by atoms with Gasteiger partial charge in [-0.1, -0.05) is 24.6 Å². The lowest BCUT2D eigenvalue weighted by Crippen LogP contribution is -2.49. The van der Waals surface area contributed by atoms with Gasteiger partial charge >= 0.3 is 0 Å². The third-order valence-corrected chi connectivity index (χ3v) is 4.69. The van der Waals surface area contributed by atoms with E-state index >= 15 is 0 Å². The fourth-order valence-corrected chi connectivity index (χ4v) is 3.75. The normalized spacial score (nSPS) is 29.6. The zero-order valence-corrected chi connectivity index (χ0v) is 12.6. The van der Waals surface area contributed by atoms with Crippen molar-refractivity contribution < 1.29 is 4.74 Å². The van der Waals surface area contributed by atoms with Gasteiger partial charge in [-0.25, -0.2) is 0 Å². The van der Waals surface area contributed by atoms with Gasteiger partial charge in [0, 0.05) is 30.6 Å². The molecule has 3 rings (SSSR count). The highest BCUT2D eigenvalue weighted by Crippen LogP contribution is 2.44.